The molecule has 24 heavy (non-hydrogen) atoms. The van der Waals surface area contributed by atoms with Crippen molar-refractivity contribution in [3.63, 3.8) is 0 Å². The van der Waals surface area contributed by atoms with E-state index >= 15 is 0 Å². The number of nitrogens with one attached hydrogen (secondary N) is 2. The average Bonchev–Trinajstić information content (AvgIpc) is 2.50. The van der Waals surface area contributed by atoms with Gasteiger partial charge in [-0.15, -0.1) is 0 Å². The second kappa shape index (κ2) is 7.53. The van der Waals surface area contributed by atoms with Gasteiger partial charge in [0.05, 0.1) is 17.8 Å². The summed E-state index contributed by atoms with van der Waals surface area (Å²) < 4.78 is 25.6. The number of hydrogen-bond acceptors (Lipinski definition) is 3. The summed E-state index contributed by atoms with van der Waals surface area (Å²) in [5.41, 5.74) is 2.34. The van der Waals surface area contributed by atoms with Gasteiger partial charge in [0.1, 0.15) is 0 Å². The summed E-state index contributed by atoms with van der Waals surface area (Å²) in [6.07, 6.45) is 0. The van der Waals surface area contributed by atoms with Crippen LogP contribution in [-0.2, 0) is 10.0 Å². The van der Waals surface area contributed by atoms with Gasteiger partial charge in [-0.3, -0.25) is 0 Å². The minimum Gasteiger partial charge on any atom is -0.331 e. The minimum atomic E-state index is -3.22. The second-order valence-corrected chi connectivity index (χ2v) is 8.62. The normalized spacial score (nSPS) is 16.8. The number of urea groups is 1. The van der Waals surface area contributed by atoms with Gasteiger partial charge in [0, 0.05) is 13.1 Å². The molecule has 1 aromatic rings. The third-order valence-corrected chi connectivity index (χ3v) is 5.77. The summed E-state index contributed by atoms with van der Waals surface area (Å²) in [6, 6.07) is 7.67. The number of carbonyl (C=O) groups excluding carboxylic acids is 1. The molecular weight excluding hydrogens is 326 g/mol. The van der Waals surface area contributed by atoms with Crippen LogP contribution >= 0.6 is 0 Å². The van der Waals surface area contributed by atoms with Crippen molar-refractivity contribution in [1.82, 2.24) is 14.9 Å². The molecule has 0 saturated carbocycles. The molecule has 0 bridgehead atoms. The molecule has 0 aliphatic carbocycles. The number of sulfonamides is 1. The van der Waals surface area contributed by atoms with E-state index < -0.39 is 10.0 Å². The molecule has 1 aromatic carbocycles. The molecule has 1 heterocycles. The molecule has 1 atom stereocenters. The Morgan fingerprint density at radius 1 is 1.21 bits per heavy atom. The van der Waals surface area contributed by atoms with Crippen molar-refractivity contribution >= 4 is 16.1 Å². The van der Waals surface area contributed by atoms with Gasteiger partial charge in [0.25, 0.3) is 0 Å². The van der Waals surface area contributed by atoms with Crippen LogP contribution in [-0.4, -0.2) is 44.2 Å². The molecule has 134 valence electrons. The summed E-state index contributed by atoms with van der Waals surface area (Å²) in [5.74, 6) is 0.441. The van der Waals surface area contributed by atoms with E-state index in [2.05, 4.69) is 30.0 Å². The first-order valence-electron chi connectivity index (χ1n) is 8.37. The second-order valence-electron chi connectivity index (χ2n) is 6.58. The molecule has 1 aliphatic rings. The van der Waals surface area contributed by atoms with Crippen molar-refractivity contribution in [3.8, 4) is 0 Å². The summed E-state index contributed by atoms with van der Waals surface area (Å²) in [4.78, 5) is 13.9. The molecule has 1 unspecified atom stereocenters. The lowest BCUT2D eigenvalue weighted by Crippen LogP contribution is -2.63. The van der Waals surface area contributed by atoms with Crippen LogP contribution in [0, 0.1) is 0 Å². The van der Waals surface area contributed by atoms with Gasteiger partial charge in [-0.1, -0.05) is 38.1 Å². The first-order valence-corrected chi connectivity index (χ1v) is 10.0. The number of amides is 2. The van der Waals surface area contributed by atoms with Crippen LogP contribution < -0.4 is 10.0 Å². The smallest absolute Gasteiger partial charge is 0.317 e. The van der Waals surface area contributed by atoms with Crippen molar-refractivity contribution in [2.75, 3.05) is 18.8 Å². The Bertz CT molecular complexity index is 682. The van der Waals surface area contributed by atoms with Gasteiger partial charge in [-0.25, -0.2) is 17.9 Å². The largest absolute Gasteiger partial charge is 0.331 e. The third kappa shape index (κ3) is 4.48. The Morgan fingerprint density at radius 3 is 2.33 bits per heavy atom. The summed E-state index contributed by atoms with van der Waals surface area (Å²) in [6.45, 7) is 8.64. The predicted molar refractivity (Wildman–Crippen MR) is 95.4 cm³/mol. The first kappa shape index (κ1) is 18.7. The number of rotatable bonds is 6. The van der Waals surface area contributed by atoms with E-state index in [1.54, 1.807) is 11.8 Å². The van der Waals surface area contributed by atoms with E-state index in [0.29, 0.717) is 19.0 Å². The Balaban J connectivity index is 1.90. The lowest BCUT2D eigenvalue weighted by Gasteiger charge is -2.39. The van der Waals surface area contributed by atoms with Crippen LogP contribution in [0.1, 0.15) is 50.8 Å². The molecule has 2 N–H and O–H groups in total. The van der Waals surface area contributed by atoms with E-state index in [4.69, 9.17) is 0 Å². The zero-order valence-electron chi connectivity index (χ0n) is 14.7. The van der Waals surface area contributed by atoms with Crippen LogP contribution in [0.3, 0.4) is 0 Å². The molecular formula is C17H27N3O3S. The highest BCUT2D eigenvalue weighted by Crippen LogP contribution is 2.25. The van der Waals surface area contributed by atoms with Crippen molar-refractivity contribution in [2.24, 2.45) is 0 Å². The Hall–Kier alpha value is -1.60. The van der Waals surface area contributed by atoms with Crippen LogP contribution in [0.4, 0.5) is 4.79 Å². The van der Waals surface area contributed by atoms with Gasteiger partial charge < -0.3 is 10.2 Å². The Kier molecular flexibility index (Phi) is 5.87. The molecule has 2 amide bonds. The van der Waals surface area contributed by atoms with Gasteiger partial charge in [0.15, 0.2) is 0 Å². The predicted octanol–water partition coefficient (Wildman–Crippen LogP) is 2.20. The monoisotopic (exact) mass is 353 g/mol. The van der Waals surface area contributed by atoms with Crippen LogP contribution in [0.5, 0.6) is 0 Å². The summed E-state index contributed by atoms with van der Waals surface area (Å²) in [7, 11) is -3.22. The molecule has 0 aromatic heterocycles. The van der Waals surface area contributed by atoms with Crippen LogP contribution in [0.2, 0.25) is 0 Å². The fourth-order valence-electron chi connectivity index (χ4n) is 2.84. The molecule has 2 rings (SSSR count). The standard InChI is InChI=1S/C17H27N3O3S/c1-5-24(22,23)19-14-10-20(11-14)17(21)18-13(4)16-9-7-6-8-15(16)12(2)3/h6-9,12-14,19H,5,10-11H2,1-4H3,(H,18,21). The third-order valence-electron chi connectivity index (χ3n) is 4.32. The zero-order chi connectivity index (χ0) is 17.9. The van der Waals surface area contributed by atoms with Crippen molar-refractivity contribution in [1.29, 1.82) is 0 Å². The molecule has 7 heteroatoms. The quantitative estimate of drug-likeness (QED) is 0.823. The molecule has 0 radical (unpaired) electrons. The number of likely N-dealkylation sites (tertiary alicyclic amines) is 1. The maximum Gasteiger partial charge on any atom is 0.317 e. The minimum absolute atomic E-state index is 0.0543. The van der Waals surface area contributed by atoms with Gasteiger partial charge in [-0.2, -0.15) is 0 Å². The maximum absolute atomic E-state index is 12.3. The van der Waals surface area contributed by atoms with Crippen LogP contribution in [0.15, 0.2) is 24.3 Å². The molecule has 1 fully saturated rings. The lowest BCUT2D eigenvalue weighted by molar-refractivity contribution is 0.144. The van der Waals surface area contributed by atoms with E-state index in [1.165, 1.54) is 5.56 Å². The van der Waals surface area contributed by atoms with Gasteiger partial charge in [-0.05, 0) is 30.9 Å². The SMILES string of the molecule is CCS(=O)(=O)NC1CN(C(=O)NC(C)c2ccccc2C(C)C)C1. The fraction of sp³-hybridized carbons (Fsp3) is 0.588. The van der Waals surface area contributed by atoms with Gasteiger partial charge in [0.2, 0.25) is 10.0 Å². The van der Waals surface area contributed by atoms with E-state index in [1.807, 2.05) is 25.1 Å². The summed E-state index contributed by atoms with van der Waals surface area (Å²) in [5, 5.41) is 3.00. The maximum atomic E-state index is 12.3. The topological polar surface area (TPSA) is 78.5 Å². The number of carbonyl (C=O) groups is 1. The highest BCUT2D eigenvalue weighted by atomic mass is 32.2. The molecule has 0 spiro atoms. The number of benzene rings is 1. The molecule has 1 saturated heterocycles. The average molecular weight is 353 g/mol. The van der Waals surface area contributed by atoms with Crippen molar-refractivity contribution < 1.29 is 13.2 Å². The fourth-order valence-corrected chi connectivity index (χ4v) is 3.67. The van der Waals surface area contributed by atoms with Crippen molar-refractivity contribution in [2.45, 2.75) is 45.7 Å². The van der Waals surface area contributed by atoms with Crippen LogP contribution in [0.25, 0.3) is 0 Å². The Morgan fingerprint density at radius 2 is 1.79 bits per heavy atom. The lowest BCUT2D eigenvalue weighted by atomic mass is 9.93. The van der Waals surface area contributed by atoms with Crippen molar-refractivity contribution in [3.05, 3.63) is 35.4 Å². The summed E-state index contributed by atoms with van der Waals surface area (Å²) >= 11 is 0. The Labute approximate surface area is 144 Å². The van der Waals surface area contributed by atoms with E-state index in [-0.39, 0.29) is 23.9 Å². The molecule has 1 aliphatic heterocycles. The highest BCUT2D eigenvalue weighted by Gasteiger charge is 2.33. The highest BCUT2D eigenvalue weighted by molar-refractivity contribution is 7.89. The zero-order valence-corrected chi connectivity index (χ0v) is 15.6. The van der Waals surface area contributed by atoms with E-state index in [0.717, 1.165) is 5.56 Å². The first-order chi connectivity index (χ1) is 11.2. The van der Waals surface area contributed by atoms with Gasteiger partial charge >= 0.3 is 6.03 Å². The molecule has 6 nitrogen and oxygen atoms in total. The number of nitrogens with zero attached hydrogens (tertiary/aromatic N) is 1. The number of hydrogen-bond donors (Lipinski definition) is 2. The van der Waals surface area contributed by atoms with E-state index in [9.17, 15) is 13.2 Å².